The Kier molecular flexibility index (Phi) is 5.25. The first-order chi connectivity index (χ1) is 14.3. The zero-order chi connectivity index (χ0) is 21.5. The molecule has 1 saturated carbocycles. The van der Waals surface area contributed by atoms with Crippen molar-refractivity contribution in [2.45, 2.75) is 56.8 Å². The maximum atomic E-state index is 11.8. The van der Waals surface area contributed by atoms with Crippen molar-refractivity contribution in [1.82, 2.24) is 4.90 Å². The predicted molar refractivity (Wildman–Crippen MR) is 121 cm³/mol. The molecule has 2 aliphatic rings. The summed E-state index contributed by atoms with van der Waals surface area (Å²) in [6, 6.07) is 20.6. The van der Waals surface area contributed by atoms with E-state index in [0.29, 0.717) is 6.42 Å². The van der Waals surface area contributed by atoms with E-state index in [2.05, 4.69) is 75.2 Å². The minimum atomic E-state index is -2.68. The van der Waals surface area contributed by atoms with Crippen LogP contribution < -0.4 is 10.4 Å². The highest BCUT2D eigenvalue weighted by Gasteiger charge is 2.58. The molecule has 2 aromatic carbocycles. The number of carbonyl (C=O) groups is 1. The van der Waals surface area contributed by atoms with Crippen LogP contribution in [0.15, 0.2) is 60.7 Å². The highest BCUT2D eigenvalue weighted by atomic mass is 28.4. The Hall–Kier alpha value is -2.55. The van der Waals surface area contributed by atoms with Crippen LogP contribution in [0, 0.1) is 18.3 Å². The van der Waals surface area contributed by atoms with E-state index in [4.69, 9.17) is 10.8 Å². The molecule has 2 fully saturated rings. The Bertz CT molecular complexity index is 908. The molecule has 4 atom stereocenters. The van der Waals surface area contributed by atoms with Crippen molar-refractivity contribution < 1.29 is 14.3 Å². The van der Waals surface area contributed by atoms with Crippen LogP contribution in [0.1, 0.15) is 33.6 Å². The molecule has 156 valence electrons. The van der Waals surface area contributed by atoms with Crippen LogP contribution in [0.5, 0.6) is 0 Å². The highest BCUT2D eigenvalue weighted by Crippen LogP contribution is 2.47. The summed E-state index contributed by atoms with van der Waals surface area (Å²) in [5.74, 6) is 2.78. The summed E-state index contributed by atoms with van der Waals surface area (Å²) < 4.78 is 7.25. The standard InChI is InChI=1S/C25H29NO3Si/c1-5-22-21-16-18(26(22)24(27)28)17-23(21)29-30(25(2,3)4,19-12-8-6-9-13-19)20-14-10-7-11-15-20/h1,6-15,18,21-23H,16-17H2,2-4H3,(H,27,28)/t18?,21?,22?,23-/m0/s1. The Morgan fingerprint density at radius 3 is 2.03 bits per heavy atom. The average molecular weight is 420 g/mol. The van der Waals surface area contributed by atoms with E-state index < -0.39 is 20.5 Å². The minimum Gasteiger partial charge on any atom is -0.465 e. The number of terminal acetylenes is 1. The second-order valence-corrected chi connectivity index (χ2v) is 13.7. The average Bonchev–Trinajstić information content (AvgIpc) is 3.30. The summed E-state index contributed by atoms with van der Waals surface area (Å²) in [5.41, 5.74) is 0. The first-order valence-electron chi connectivity index (χ1n) is 10.6. The molecule has 0 spiro atoms. The molecule has 0 radical (unpaired) electrons. The van der Waals surface area contributed by atoms with Crippen LogP contribution in [-0.2, 0) is 4.43 Å². The lowest BCUT2D eigenvalue weighted by atomic mass is 9.97. The summed E-state index contributed by atoms with van der Waals surface area (Å²) in [6.07, 6.45) is 6.31. The molecule has 0 aromatic heterocycles. The second-order valence-electron chi connectivity index (χ2n) is 9.41. The Morgan fingerprint density at radius 2 is 1.60 bits per heavy atom. The van der Waals surface area contributed by atoms with Crippen LogP contribution in [0.2, 0.25) is 5.04 Å². The SMILES string of the molecule is C#CC1C2CC(C[C@@H]2O[Si](c2ccccc2)(c2ccccc2)C(C)(C)C)N1C(=O)O. The van der Waals surface area contributed by atoms with Crippen LogP contribution in [-0.4, -0.2) is 42.6 Å². The van der Waals surface area contributed by atoms with E-state index in [9.17, 15) is 9.90 Å². The molecule has 2 aromatic rings. The molecular formula is C25H29NO3Si. The number of rotatable bonds is 4. The first kappa shape index (κ1) is 20.7. The van der Waals surface area contributed by atoms with Crippen LogP contribution in [0.4, 0.5) is 4.79 Å². The van der Waals surface area contributed by atoms with Gasteiger partial charge in [-0.05, 0) is 28.3 Å². The highest BCUT2D eigenvalue weighted by molar-refractivity contribution is 6.99. The number of piperidine rings is 1. The van der Waals surface area contributed by atoms with Gasteiger partial charge in [0, 0.05) is 12.0 Å². The minimum absolute atomic E-state index is 0.0396. The van der Waals surface area contributed by atoms with Gasteiger partial charge in [0.05, 0.1) is 6.10 Å². The summed E-state index contributed by atoms with van der Waals surface area (Å²) in [7, 11) is -2.68. The molecule has 1 aliphatic carbocycles. The van der Waals surface area contributed by atoms with E-state index in [-0.39, 0.29) is 23.1 Å². The zero-order valence-corrected chi connectivity index (χ0v) is 18.8. The third-order valence-corrected chi connectivity index (χ3v) is 11.8. The van der Waals surface area contributed by atoms with E-state index in [0.717, 1.165) is 6.42 Å². The molecule has 3 unspecified atom stereocenters. The van der Waals surface area contributed by atoms with Crippen molar-refractivity contribution in [3.8, 4) is 12.3 Å². The molecule has 1 N–H and O–H groups in total. The van der Waals surface area contributed by atoms with Gasteiger partial charge in [-0.25, -0.2) is 4.79 Å². The summed E-state index contributed by atoms with van der Waals surface area (Å²) in [6.45, 7) is 6.78. The normalized spacial score (nSPS) is 25.9. The third-order valence-electron chi connectivity index (χ3n) is 6.76. The second kappa shape index (κ2) is 7.61. The van der Waals surface area contributed by atoms with Crippen molar-refractivity contribution in [2.24, 2.45) is 5.92 Å². The number of nitrogens with zero attached hydrogens (tertiary/aromatic N) is 1. The van der Waals surface area contributed by atoms with Gasteiger partial charge in [-0.15, -0.1) is 6.42 Å². The lowest BCUT2D eigenvalue weighted by molar-refractivity contribution is 0.0603. The number of amides is 1. The van der Waals surface area contributed by atoms with E-state index in [1.165, 1.54) is 15.3 Å². The van der Waals surface area contributed by atoms with Gasteiger partial charge in [-0.2, -0.15) is 0 Å². The van der Waals surface area contributed by atoms with Gasteiger partial charge in [0.25, 0.3) is 8.32 Å². The molecule has 1 amide bonds. The molecular weight excluding hydrogens is 390 g/mol. The van der Waals surface area contributed by atoms with Crippen molar-refractivity contribution in [2.75, 3.05) is 0 Å². The predicted octanol–water partition coefficient (Wildman–Crippen LogP) is 3.71. The van der Waals surface area contributed by atoms with Gasteiger partial charge >= 0.3 is 6.09 Å². The van der Waals surface area contributed by atoms with E-state index in [1.54, 1.807) is 0 Å². The lowest BCUT2D eigenvalue weighted by Gasteiger charge is -2.47. The Labute approximate surface area is 180 Å². The first-order valence-corrected chi connectivity index (χ1v) is 12.5. The topological polar surface area (TPSA) is 49.8 Å². The fourth-order valence-electron chi connectivity index (χ4n) is 5.53. The number of carboxylic acid groups (broad SMARTS) is 1. The molecule has 1 aliphatic heterocycles. The molecule has 2 bridgehead atoms. The van der Waals surface area contributed by atoms with Crippen LogP contribution in [0.25, 0.3) is 0 Å². The number of hydrogen-bond donors (Lipinski definition) is 1. The van der Waals surface area contributed by atoms with Gasteiger partial charge in [-0.3, -0.25) is 4.90 Å². The van der Waals surface area contributed by atoms with Gasteiger partial charge < -0.3 is 9.53 Å². The van der Waals surface area contributed by atoms with Gasteiger partial charge in [0.2, 0.25) is 0 Å². The summed E-state index contributed by atoms with van der Waals surface area (Å²) in [4.78, 5) is 13.2. The van der Waals surface area contributed by atoms with Gasteiger partial charge in [0.15, 0.2) is 0 Å². The van der Waals surface area contributed by atoms with Crippen molar-refractivity contribution in [3.05, 3.63) is 60.7 Å². The van der Waals surface area contributed by atoms with Gasteiger partial charge in [-0.1, -0.05) is 87.4 Å². The van der Waals surface area contributed by atoms with Crippen LogP contribution >= 0.6 is 0 Å². The zero-order valence-electron chi connectivity index (χ0n) is 17.8. The third kappa shape index (κ3) is 3.15. The van der Waals surface area contributed by atoms with E-state index >= 15 is 0 Å². The molecule has 1 saturated heterocycles. The maximum Gasteiger partial charge on any atom is 0.408 e. The molecule has 1 heterocycles. The summed E-state index contributed by atoms with van der Waals surface area (Å²) >= 11 is 0. The smallest absolute Gasteiger partial charge is 0.408 e. The molecule has 30 heavy (non-hydrogen) atoms. The monoisotopic (exact) mass is 419 g/mol. The van der Waals surface area contributed by atoms with Crippen molar-refractivity contribution >= 4 is 24.8 Å². The Morgan fingerprint density at radius 1 is 1.07 bits per heavy atom. The number of fused-ring (bicyclic) bond motifs is 2. The quantitative estimate of drug-likeness (QED) is 0.607. The van der Waals surface area contributed by atoms with Gasteiger partial charge in [0.1, 0.15) is 6.04 Å². The maximum absolute atomic E-state index is 11.8. The fourth-order valence-corrected chi connectivity index (χ4v) is 10.3. The van der Waals surface area contributed by atoms with Crippen molar-refractivity contribution in [3.63, 3.8) is 0 Å². The summed E-state index contributed by atoms with van der Waals surface area (Å²) in [5, 5.41) is 12.0. The lowest BCUT2D eigenvalue weighted by Crippen LogP contribution is -2.68. The van der Waals surface area contributed by atoms with E-state index in [1.807, 2.05) is 12.1 Å². The van der Waals surface area contributed by atoms with Crippen molar-refractivity contribution in [1.29, 1.82) is 0 Å². The largest absolute Gasteiger partial charge is 0.465 e. The Balaban J connectivity index is 1.80. The number of benzene rings is 2. The molecule has 4 rings (SSSR count). The number of likely N-dealkylation sites (tertiary alicyclic amines) is 1. The fraction of sp³-hybridized carbons (Fsp3) is 0.400. The molecule has 5 heteroatoms. The molecule has 4 nitrogen and oxygen atoms in total. The van der Waals surface area contributed by atoms with Crippen LogP contribution in [0.3, 0.4) is 0 Å². The number of hydrogen-bond acceptors (Lipinski definition) is 2.